The predicted octanol–water partition coefficient (Wildman–Crippen LogP) is 3.16. The van der Waals surface area contributed by atoms with E-state index in [4.69, 9.17) is 4.74 Å². The molecule has 0 aromatic heterocycles. The van der Waals surface area contributed by atoms with Gasteiger partial charge in [-0.3, -0.25) is 19.2 Å². The van der Waals surface area contributed by atoms with Crippen LogP contribution in [0.1, 0.15) is 92.0 Å². The van der Waals surface area contributed by atoms with Crippen LogP contribution in [0.2, 0.25) is 0 Å². The van der Waals surface area contributed by atoms with Crippen molar-refractivity contribution in [2.75, 3.05) is 7.11 Å². The summed E-state index contributed by atoms with van der Waals surface area (Å²) >= 11 is 0. The number of ketones is 3. The van der Waals surface area contributed by atoms with E-state index >= 15 is 0 Å². The molecule has 1 aliphatic carbocycles. The van der Waals surface area contributed by atoms with Gasteiger partial charge in [0.1, 0.15) is 11.4 Å². The Hall–Kier alpha value is -3.74. The lowest BCUT2D eigenvalue weighted by Gasteiger charge is -2.38. The van der Waals surface area contributed by atoms with E-state index in [-0.39, 0.29) is 44.9 Å². The van der Waals surface area contributed by atoms with Gasteiger partial charge in [-0.2, -0.15) is 0 Å². The molecule has 4 bridgehead atoms. The maximum atomic E-state index is 14.1. The molecule has 0 saturated carbocycles. The summed E-state index contributed by atoms with van der Waals surface area (Å²) in [6, 6.07) is 1.42. The molecule has 11 nitrogen and oxygen atoms in total. The Morgan fingerprint density at radius 3 is 1.92 bits per heavy atom. The average molecular weight is 668 g/mol. The van der Waals surface area contributed by atoms with Gasteiger partial charge in [0.15, 0.2) is 11.6 Å². The number of fused-ring (bicyclic) bond motifs is 15. The van der Waals surface area contributed by atoms with E-state index < -0.39 is 76.9 Å². The molecule has 4 rings (SSSR count). The first kappa shape index (κ1) is 38.7. The van der Waals surface area contributed by atoms with Crippen molar-refractivity contribution in [1.82, 2.24) is 5.32 Å². The van der Waals surface area contributed by atoms with Crippen molar-refractivity contribution >= 4 is 23.3 Å². The van der Waals surface area contributed by atoms with Crippen molar-refractivity contribution in [3.8, 4) is 5.75 Å². The zero-order valence-corrected chi connectivity index (χ0v) is 29.3. The summed E-state index contributed by atoms with van der Waals surface area (Å²) in [6.07, 6.45) is 0.570. The number of benzene rings is 1. The minimum absolute atomic E-state index is 0.0429. The number of rotatable bonds is 1. The zero-order valence-electron chi connectivity index (χ0n) is 29.3. The van der Waals surface area contributed by atoms with Crippen LogP contribution in [0.5, 0.6) is 5.75 Å². The number of ether oxygens (including phenoxy) is 1. The summed E-state index contributed by atoms with van der Waals surface area (Å²) in [5.74, 6) is -5.79. The number of amides is 1. The standard InChI is InChI=1S/C37H49NO10/c1-16-12-11-13-17(2)36(46)38-27-20(5)32(43)25-24(33(27)44)14-18(3)34(48-10)26(25)29(40)19(4)15-37(9,47)35(45)23(8)31(42)22(7)30(41)21(6)28(16)39/h11-16,21-23,28,30-31,35,39,41-42,45,47H,1-10H3,(H,38,46). The van der Waals surface area contributed by atoms with Crippen LogP contribution in [-0.4, -0.2) is 85.9 Å². The van der Waals surface area contributed by atoms with E-state index in [1.54, 1.807) is 39.8 Å². The van der Waals surface area contributed by atoms with Crippen molar-refractivity contribution < 1.29 is 49.4 Å². The second-order valence-corrected chi connectivity index (χ2v) is 13.6. The molecule has 1 aromatic carbocycles. The summed E-state index contributed by atoms with van der Waals surface area (Å²) in [7, 11) is 1.31. The third-order valence-electron chi connectivity index (χ3n) is 9.86. The Morgan fingerprint density at radius 1 is 0.771 bits per heavy atom. The molecule has 3 aliphatic rings. The lowest BCUT2D eigenvalue weighted by molar-refractivity contribution is -0.116. The number of nitrogens with one attached hydrogen (secondary N) is 1. The topological polar surface area (TPSA) is 191 Å². The van der Waals surface area contributed by atoms with Gasteiger partial charge >= 0.3 is 0 Å². The van der Waals surface area contributed by atoms with Crippen LogP contribution in [-0.2, 0) is 4.79 Å². The maximum absolute atomic E-state index is 14.1. The maximum Gasteiger partial charge on any atom is 0.251 e. The molecule has 6 N–H and O–H groups in total. The third kappa shape index (κ3) is 7.30. The number of allylic oxidation sites excluding steroid dienone is 5. The van der Waals surface area contributed by atoms with Gasteiger partial charge in [-0.1, -0.05) is 45.9 Å². The van der Waals surface area contributed by atoms with Gasteiger partial charge in [0.2, 0.25) is 5.78 Å². The Labute approximate surface area is 281 Å². The van der Waals surface area contributed by atoms with Gasteiger partial charge in [-0.15, -0.1) is 0 Å². The molecular formula is C37H49NO10. The van der Waals surface area contributed by atoms with Crippen LogP contribution >= 0.6 is 0 Å². The number of methoxy groups -OCH3 is 1. The first-order valence-corrected chi connectivity index (χ1v) is 16.1. The van der Waals surface area contributed by atoms with Gasteiger partial charge in [-0.25, -0.2) is 0 Å². The first-order valence-electron chi connectivity index (χ1n) is 16.1. The largest absolute Gasteiger partial charge is 0.496 e. The van der Waals surface area contributed by atoms with Crippen LogP contribution < -0.4 is 10.1 Å². The summed E-state index contributed by atoms with van der Waals surface area (Å²) in [4.78, 5) is 54.9. The number of hydrogen-bond acceptors (Lipinski definition) is 10. The number of aliphatic hydroxyl groups is 5. The summed E-state index contributed by atoms with van der Waals surface area (Å²) < 4.78 is 5.53. The molecule has 9 unspecified atom stereocenters. The molecule has 1 amide bonds. The highest BCUT2D eigenvalue weighted by atomic mass is 16.5. The number of aryl methyl sites for hydroxylation is 1. The van der Waals surface area contributed by atoms with Gasteiger partial charge in [-0.05, 0) is 57.9 Å². The van der Waals surface area contributed by atoms with E-state index in [0.29, 0.717) is 5.56 Å². The van der Waals surface area contributed by atoms with Crippen molar-refractivity contribution in [3.05, 3.63) is 75.0 Å². The Morgan fingerprint density at radius 2 is 1.33 bits per heavy atom. The number of Topliss-reactive ketones (excluding diaryl/α,β-unsaturated/α-hetero) is 3. The second-order valence-electron chi connectivity index (χ2n) is 13.6. The van der Waals surface area contributed by atoms with E-state index in [1.807, 2.05) is 0 Å². The Balaban J connectivity index is 2.27. The lowest BCUT2D eigenvalue weighted by Crippen LogP contribution is -2.50. The van der Waals surface area contributed by atoms with Crippen molar-refractivity contribution in [1.29, 1.82) is 0 Å². The smallest absolute Gasteiger partial charge is 0.251 e. The van der Waals surface area contributed by atoms with Gasteiger partial charge in [0.25, 0.3) is 5.91 Å². The minimum Gasteiger partial charge on any atom is -0.496 e. The minimum atomic E-state index is -2.08. The quantitative estimate of drug-likeness (QED) is 0.259. The molecule has 48 heavy (non-hydrogen) atoms. The monoisotopic (exact) mass is 667 g/mol. The van der Waals surface area contributed by atoms with Gasteiger partial charge in [0.05, 0.1) is 42.8 Å². The fourth-order valence-corrected chi connectivity index (χ4v) is 6.57. The van der Waals surface area contributed by atoms with E-state index in [2.05, 4.69) is 5.32 Å². The lowest BCUT2D eigenvalue weighted by atomic mass is 9.76. The summed E-state index contributed by atoms with van der Waals surface area (Å²) in [5, 5.41) is 58.5. The van der Waals surface area contributed by atoms with Crippen LogP contribution in [0.4, 0.5) is 0 Å². The average Bonchev–Trinajstić information content (AvgIpc) is 3.04. The van der Waals surface area contributed by atoms with Crippen LogP contribution in [0.25, 0.3) is 0 Å². The molecule has 0 radical (unpaired) electrons. The molecule has 262 valence electrons. The molecule has 11 heteroatoms. The number of carbonyl (C=O) groups excluding carboxylic acids is 4. The van der Waals surface area contributed by atoms with Crippen molar-refractivity contribution in [2.24, 2.45) is 23.7 Å². The van der Waals surface area contributed by atoms with Gasteiger partial charge in [0, 0.05) is 45.9 Å². The fraction of sp³-hybridized carbons (Fsp3) is 0.514. The normalized spacial score (nSPS) is 33.0. The number of hydrogen-bond donors (Lipinski definition) is 6. The van der Waals surface area contributed by atoms with Crippen molar-refractivity contribution in [3.63, 3.8) is 0 Å². The van der Waals surface area contributed by atoms with Crippen LogP contribution in [0.15, 0.2) is 52.8 Å². The van der Waals surface area contributed by atoms with Crippen LogP contribution in [0.3, 0.4) is 0 Å². The highest BCUT2D eigenvalue weighted by Crippen LogP contribution is 2.38. The first-order chi connectivity index (χ1) is 22.2. The van der Waals surface area contributed by atoms with E-state index in [0.717, 1.165) is 6.08 Å². The Kier molecular flexibility index (Phi) is 11.9. The number of carbonyl (C=O) groups is 4. The van der Waals surface area contributed by atoms with Crippen molar-refractivity contribution in [2.45, 2.75) is 92.3 Å². The van der Waals surface area contributed by atoms with Crippen LogP contribution in [0, 0.1) is 30.6 Å². The SMILES string of the molecule is COc1c(C)cc2c3c1C(=O)C(C)=CC(C)(O)C(O)C(C)C(O)C(C)C(O)C(C)C(O)C(C)C=CC=C(C)C(=O)NC(=C(C)C3=O)C2=O. The van der Waals surface area contributed by atoms with E-state index in [1.165, 1.54) is 53.9 Å². The molecule has 0 saturated heterocycles. The van der Waals surface area contributed by atoms with E-state index in [9.17, 15) is 44.7 Å². The molecule has 1 aromatic rings. The molecule has 0 fully saturated rings. The fourth-order valence-electron chi connectivity index (χ4n) is 6.57. The predicted molar refractivity (Wildman–Crippen MR) is 180 cm³/mol. The third-order valence-corrected chi connectivity index (χ3v) is 9.86. The molecule has 0 spiro atoms. The second kappa shape index (κ2) is 14.8. The Bertz CT molecular complexity index is 1610. The zero-order chi connectivity index (χ0) is 36.6. The molecule has 9 atom stereocenters. The van der Waals surface area contributed by atoms with Gasteiger partial charge < -0.3 is 35.6 Å². The summed E-state index contributed by atoms with van der Waals surface area (Å²) in [6.45, 7) is 13.5. The summed E-state index contributed by atoms with van der Waals surface area (Å²) in [5.41, 5.74) is -2.45. The highest BCUT2D eigenvalue weighted by molar-refractivity contribution is 6.31. The number of aliphatic hydroxyl groups excluding tert-OH is 4. The molecule has 2 heterocycles. The molecule has 2 aliphatic heterocycles. The molecular weight excluding hydrogens is 618 g/mol. The highest BCUT2D eigenvalue weighted by Gasteiger charge is 2.42.